The van der Waals surface area contributed by atoms with E-state index in [9.17, 15) is 39.9 Å². The summed E-state index contributed by atoms with van der Waals surface area (Å²) in [6.07, 6.45) is -6.64. The number of allylic oxidation sites excluding steroid dienone is 4. The zero-order valence-electron chi connectivity index (χ0n) is 21.6. The molecule has 41 heavy (non-hydrogen) atoms. The molecular weight excluding hydrogens is 594 g/mol. The van der Waals surface area contributed by atoms with Crippen LogP contribution in [0.5, 0.6) is 5.75 Å². The van der Waals surface area contributed by atoms with E-state index in [1.54, 1.807) is 41.3 Å². The smallest absolute Gasteiger partial charge is 0.430 e. The van der Waals surface area contributed by atoms with Crippen molar-refractivity contribution in [3.05, 3.63) is 82.8 Å². The van der Waals surface area contributed by atoms with Crippen LogP contribution in [0.1, 0.15) is 17.5 Å². The number of alkyl halides is 6. The molecule has 1 atom stereocenters. The predicted molar refractivity (Wildman–Crippen MR) is 145 cm³/mol. The van der Waals surface area contributed by atoms with Crippen molar-refractivity contribution in [3.63, 3.8) is 0 Å². The average Bonchev–Trinajstić information content (AvgIpc) is 2.91. The Balaban J connectivity index is 1.69. The number of methoxy groups -OCH3 is 1. The van der Waals surface area contributed by atoms with E-state index >= 15 is 0 Å². The number of hydrogen-bond acceptors (Lipinski definition) is 6. The van der Waals surface area contributed by atoms with E-state index in [0.29, 0.717) is 24.3 Å². The molecular formula is C27H26F6N2O4S2. The van der Waals surface area contributed by atoms with Crippen LogP contribution in [-0.4, -0.2) is 67.8 Å². The van der Waals surface area contributed by atoms with Crippen molar-refractivity contribution >= 4 is 32.8 Å². The average molecular weight is 621 g/mol. The van der Waals surface area contributed by atoms with E-state index in [0.717, 1.165) is 17.7 Å². The minimum Gasteiger partial charge on any atom is -0.497 e. The van der Waals surface area contributed by atoms with Crippen LogP contribution in [0, 0.1) is 0 Å². The molecule has 1 aliphatic heterocycles. The standard InChI is InChI=1S/C27H26F6N2O4S2/c1-39-22-6-4-5-18(16-22)15-21-17-34(41(37,38)24-8-3-2-7-23(24)40)13-14-35(21)20-11-9-19(10-12-20)25(36,26(28,29)30)27(31,32)33/h2-6,8-12,16,21,36H,7,13-15,17H2,1H3/t21-/m0/s1. The highest BCUT2D eigenvalue weighted by atomic mass is 32.2. The van der Waals surface area contributed by atoms with Crippen LogP contribution in [0.4, 0.5) is 32.0 Å². The minimum atomic E-state index is -6.01. The lowest BCUT2D eigenvalue weighted by atomic mass is 9.92. The van der Waals surface area contributed by atoms with E-state index in [4.69, 9.17) is 17.0 Å². The highest BCUT2D eigenvalue weighted by Gasteiger charge is 2.71. The van der Waals surface area contributed by atoms with Crippen LogP contribution < -0.4 is 9.64 Å². The molecule has 0 spiro atoms. The molecule has 1 N–H and O–H groups in total. The van der Waals surface area contributed by atoms with E-state index in [1.165, 1.54) is 17.5 Å². The Morgan fingerprint density at radius 3 is 2.27 bits per heavy atom. The molecule has 6 nitrogen and oxygen atoms in total. The van der Waals surface area contributed by atoms with Gasteiger partial charge in [-0.1, -0.05) is 48.6 Å². The second-order valence-electron chi connectivity index (χ2n) is 9.61. The summed E-state index contributed by atoms with van der Waals surface area (Å²) in [6, 6.07) is 9.75. The van der Waals surface area contributed by atoms with Crippen LogP contribution >= 0.6 is 12.2 Å². The number of ether oxygens (including phenoxy) is 1. The first-order chi connectivity index (χ1) is 19.1. The molecule has 1 fully saturated rings. The fourth-order valence-electron chi connectivity index (χ4n) is 4.91. The molecule has 222 valence electrons. The molecule has 0 amide bonds. The maximum Gasteiger partial charge on any atom is 0.430 e. The van der Waals surface area contributed by atoms with Gasteiger partial charge in [0, 0.05) is 48.2 Å². The molecule has 14 heteroatoms. The van der Waals surface area contributed by atoms with E-state index in [-0.39, 0.29) is 41.5 Å². The summed E-state index contributed by atoms with van der Waals surface area (Å²) in [6.45, 7) is 0.0588. The zero-order valence-corrected chi connectivity index (χ0v) is 23.2. The lowest BCUT2D eigenvalue weighted by Crippen LogP contribution is -2.56. The topological polar surface area (TPSA) is 70.1 Å². The van der Waals surface area contributed by atoms with Gasteiger partial charge in [-0.05, 0) is 42.3 Å². The maximum absolute atomic E-state index is 13.5. The Bertz CT molecular complexity index is 1440. The van der Waals surface area contributed by atoms with Crippen LogP contribution in [0.2, 0.25) is 0 Å². The highest BCUT2D eigenvalue weighted by Crippen LogP contribution is 2.50. The summed E-state index contributed by atoms with van der Waals surface area (Å²) < 4.78 is 114. The van der Waals surface area contributed by atoms with Crippen LogP contribution in [0.3, 0.4) is 0 Å². The SMILES string of the molecule is COc1cccc(C[C@H]2CN(S(=O)(=O)C3=CC=CCC3=S)CCN2c2ccc(C(O)(C(F)(F)F)C(F)(F)F)cc2)c1. The molecule has 0 radical (unpaired) electrons. The summed E-state index contributed by atoms with van der Waals surface area (Å²) in [5, 5.41) is 9.75. The van der Waals surface area contributed by atoms with Gasteiger partial charge in [0.15, 0.2) is 0 Å². The molecule has 1 heterocycles. The van der Waals surface area contributed by atoms with Crippen LogP contribution in [0.15, 0.2) is 71.7 Å². The fraction of sp³-hybridized carbons (Fsp3) is 0.370. The largest absolute Gasteiger partial charge is 0.497 e. The van der Waals surface area contributed by atoms with Gasteiger partial charge in [0.05, 0.1) is 12.0 Å². The Morgan fingerprint density at radius 2 is 1.68 bits per heavy atom. The maximum atomic E-state index is 13.5. The van der Waals surface area contributed by atoms with Gasteiger partial charge in [-0.3, -0.25) is 0 Å². The molecule has 2 aromatic rings. The van der Waals surface area contributed by atoms with Gasteiger partial charge in [0.1, 0.15) is 5.75 Å². The summed E-state index contributed by atoms with van der Waals surface area (Å²) >= 11 is 5.27. The molecule has 0 unspecified atom stereocenters. The van der Waals surface area contributed by atoms with Crippen LogP contribution in [0.25, 0.3) is 0 Å². The van der Waals surface area contributed by atoms with Gasteiger partial charge in [-0.25, -0.2) is 8.42 Å². The first kappa shape index (κ1) is 31.0. The predicted octanol–water partition coefficient (Wildman–Crippen LogP) is 5.28. The number of halogens is 6. The van der Waals surface area contributed by atoms with Gasteiger partial charge < -0.3 is 14.7 Å². The number of piperazine rings is 1. The number of benzene rings is 2. The molecule has 2 aromatic carbocycles. The second kappa shape index (κ2) is 11.4. The van der Waals surface area contributed by atoms with Crippen molar-refractivity contribution < 1.29 is 44.6 Å². The third kappa shape index (κ3) is 6.01. The number of anilines is 1. The Labute approximate surface area is 238 Å². The molecule has 0 bridgehead atoms. The number of aliphatic hydroxyl groups is 1. The van der Waals surface area contributed by atoms with E-state index in [1.807, 2.05) is 0 Å². The third-order valence-corrected chi connectivity index (χ3v) is 9.53. The van der Waals surface area contributed by atoms with Gasteiger partial charge in [0.2, 0.25) is 10.0 Å². The highest BCUT2D eigenvalue weighted by molar-refractivity contribution is 7.96. The molecule has 1 aliphatic carbocycles. The van der Waals surface area contributed by atoms with E-state index in [2.05, 4.69) is 0 Å². The Kier molecular flexibility index (Phi) is 8.61. The van der Waals surface area contributed by atoms with Crippen molar-refractivity contribution in [1.29, 1.82) is 0 Å². The van der Waals surface area contributed by atoms with Crippen molar-refractivity contribution in [2.45, 2.75) is 36.8 Å². The van der Waals surface area contributed by atoms with Crippen molar-refractivity contribution in [2.24, 2.45) is 0 Å². The minimum absolute atomic E-state index is 0.00258. The van der Waals surface area contributed by atoms with E-state index < -0.39 is 39.6 Å². The van der Waals surface area contributed by atoms with Crippen molar-refractivity contribution in [2.75, 3.05) is 31.6 Å². The first-order valence-electron chi connectivity index (χ1n) is 12.4. The fourth-order valence-corrected chi connectivity index (χ4v) is 6.98. The van der Waals surface area contributed by atoms with Crippen molar-refractivity contribution in [3.8, 4) is 5.75 Å². The Morgan fingerprint density at radius 1 is 1.02 bits per heavy atom. The lowest BCUT2D eigenvalue weighted by Gasteiger charge is -2.43. The molecule has 4 rings (SSSR count). The summed E-state index contributed by atoms with van der Waals surface area (Å²) in [4.78, 5) is 2.02. The van der Waals surface area contributed by atoms with Gasteiger partial charge in [0.25, 0.3) is 5.60 Å². The first-order valence-corrected chi connectivity index (χ1v) is 14.2. The summed E-state index contributed by atoms with van der Waals surface area (Å²) in [7, 11) is -2.48. The number of rotatable bonds is 7. The second-order valence-corrected chi connectivity index (χ2v) is 12.0. The number of thiocarbonyl (C=S) groups is 1. The normalized spacial score (nSPS) is 19.3. The molecule has 2 aliphatic rings. The van der Waals surface area contributed by atoms with Gasteiger partial charge >= 0.3 is 12.4 Å². The zero-order chi connectivity index (χ0) is 30.2. The molecule has 0 saturated carbocycles. The lowest BCUT2D eigenvalue weighted by molar-refractivity contribution is -0.376. The third-order valence-electron chi connectivity index (χ3n) is 7.07. The molecule has 0 aromatic heterocycles. The quantitative estimate of drug-likeness (QED) is 0.336. The monoisotopic (exact) mass is 620 g/mol. The number of nitrogens with zero attached hydrogens (tertiary/aromatic N) is 2. The van der Waals surface area contributed by atoms with Crippen LogP contribution in [-0.2, 0) is 22.0 Å². The summed E-state index contributed by atoms with van der Waals surface area (Å²) in [5.41, 5.74) is -5.39. The van der Waals surface area contributed by atoms with Gasteiger partial charge in [-0.15, -0.1) is 0 Å². The number of hydrogen-bond donors (Lipinski definition) is 1. The Hall–Kier alpha value is -2.94. The van der Waals surface area contributed by atoms with Crippen molar-refractivity contribution in [1.82, 2.24) is 4.31 Å². The summed E-state index contributed by atoms with van der Waals surface area (Å²) in [5.74, 6) is 0.557. The van der Waals surface area contributed by atoms with Gasteiger partial charge in [-0.2, -0.15) is 30.6 Å². The number of sulfonamides is 1. The molecule has 1 saturated heterocycles.